The Morgan fingerprint density at radius 2 is 1.69 bits per heavy atom. The van der Waals surface area contributed by atoms with Crippen molar-refractivity contribution in [2.24, 2.45) is 0 Å². The number of hydrogen-bond donors (Lipinski definition) is 2. The van der Waals surface area contributed by atoms with Crippen molar-refractivity contribution in [3.05, 3.63) is 64.6 Å². The first-order valence-corrected chi connectivity index (χ1v) is 8.78. The van der Waals surface area contributed by atoms with Crippen molar-refractivity contribution < 1.29 is 19.1 Å². The number of carbonyl (C=O) groups is 3. The monoisotopic (exact) mass is 418 g/mol. The van der Waals surface area contributed by atoms with Gasteiger partial charge in [0.25, 0.3) is 5.91 Å². The van der Waals surface area contributed by atoms with E-state index in [1.807, 2.05) is 6.07 Å². The van der Waals surface area contributed by atoms with Gasteiger partial charge in [0.05, 0.1) is 6.54 Å². The average molecular weight is 419 g/mol. The SMILES string of the molecule is C[C@H](NC(=O)COc1ccccc1)C(=O)NCC(=O)c1ccc(Br)cc1. The Morgan fingerprint density at radius 3 is 2.35 bits per heavy atom. The summed E-state index contributed by atoms with van der Waals surface area (Å²) in [6.45, 7) is 1.21. The quantitative estimate of drug-likeness (QED) is 0.644. The molecule has 1 atom stereocenters. The summed E-state index contributed by atoms with van der Waals surface area (Å²) in [6.07, 6.45) is 0. The van der Waals surface area contributed by atoms with Gasteiger partial charge in [0.1, 0.15) is 11.8 Å². The highest BCUT2D eigenvalue weighted by atomic mass is 79.9. The van der Waals surface area contributed by atoms with E-state index in [0.29, 0.717) is 11.3 Å². The summed E-state index contributed by atoms with van der Waals surface area (Å²) in [7, 11) is 0. The highest BCUT2D eigenvalue weighted by Crippen LogP contribution is 2.10. The van der Waals surface area contributed by atoms with E-state index in [9.17, 15) is 14.4 Å². The second kappa shape index (κ2) is 9.72. The van der Waals surface area contributed by atoms with Crippen LogP contribution in [0.2, 0.25) is 0 Å². The molecule has 26 heavy (non-hydrogen) atoms. The lowest BCUT2D eigenvalue weighted by Crippen LogP contribution is -2.47. The van der Waals surface area contributed by atoms with Crippen molar-refractivity contribution in [2.75, 3.05) is 13.2 Å². The lowest BCUT2D eigenvalue weighted by Gasteiger charge is -2.14. The van der Waals surface area contributed by atoms with Gasteiger partial charge < -0.3 is 15.4 Å². The molecule has 0 aromatic heterocycles. The molecule has 0 fully saturated rings. The minimum atomic E-state index is -0.778. The molecule has 0 bridgehead atoms. The number of ether oxygens (including phenoxy) is 1. The Morgan fingerprint density at radius 1 is 1.04 bits per heavy atom. The van der Waals surface area contributed by atoms with E-state index in [0.717, 1.165) is 4.47 Å². The van der Waals surface area contributed by atoms with E-state index in [2.05, 4.69) is 26.6 Å². The normalized spacial score (nSPS) is 11.3. The van der Waals surface area contributed by atoms with Crippen molar-refractivity contribution in [3.63, 3.8) is 0 Å². The summed E-state index contributed by atoms with van der Waals surface area (Å²) in [5.41, 5.74) is 0.501. The molecule has 0 spiro atoms. The van der Waals surface area contributed by atoms with E-state index in [1.165, 1.54) is 0 Å². The third kappa shape index (κ3) is 6.33. The van der Waals surface area contributed by atoms with E-state index in [4.69, 9.17) is 4.74 Å². The predicted molar refractivity (Wildman–Crippen MR) is 101 cm³/mol. The number of amides is 2. The van der Waals surface area contributed by atoms with Crippen LogP contribution in [-0.4, -0.2) is 36.8 Å². The minimum absolute atomic E-state index is 0.138. The Kier molecular flexibility index (Phi) is 7.35. The second-order valence-electron chi connectivity index (χ2n) is 5.54. The Hall–Kier alpha value is -2.67. The van der Waals surface area contributed by atoms with Crippen LogP contribution in [0.15, 0.2) is 59.1 Å². The van der Waals surface area contributed by atoms with Crippen LogP contribution < -0.4 is 15.4 Å². The molecule has 136 valence electrons. The highest BCUT2D eigenvalue weighted by molar-refractivity contribution is 9.10. The van der Waals surface area contributed by atoms with Gasteiger partial charge >= 0.3 is 0 Å². The molecule has 7 heteroatoms. The molecule has 0 saturated carbocycles. The molecule has 2 rings (SSSR count). The first kappa shape index (κ1) is 19.7. The molecule has 0 saturated heterocycles. The molecule has 0 aliphatic rings. The zero-order valence-electron chi connectivity index (χ0n) is 14.2. The summed E-state index contributed by atoms with van der Waals surface area (Å²) in [6, 6.07) is 15.0. The van der Waals surface area contributed by atoms with Crippen LogP contribution >= 0.6 is 15.9 Å². The lowest BCUT2D eigenvalue weighted by molar-refractivity contribution is -0.129. The number of carbonyl (C=O) groups excluding carboxylic acids is 3. The fourth-order valence-electron chi connectivity index (χ4n) is 2.07. The van der Waals surface area contributed by atoms with Gasteiger partial charge in [-0.25, -0.2) is 0 Å². The van der Waals surface area contributed by atoms with Gasteiger partial charge in [0.2, 0.25) is 5.91 Å². The van der Waals surface area contributed by atoms with E-state index in [-0.39, 0.29) is 18.9 Å². The third-order valence-electron chi connectivity index (χ3n) is 3.47. The van der Waals surface area contributed by atoms with Gasteiger partial charge in [-0.2, -0.15) is 0 Å². The molecule has 2 N–H and O–H groups in total. The maximum absolute atomic E-state index is 12.0. The van der Waals surface area contributed by atoms with E-state index in [1.54, 1.807) is 55.5 Å². The Balaban J connectivity index is 1.73. The molecule has 0 radical (unpaired) electrons. The zero-order valence-corrected chi connectivity index (χ0v) is 15.8. The largest absolute Gasteiger partial charge is 0.484 e. The van der Waals surface area contributed by atoms with Gasteiger partial charge in [-0.1, -0.05) is 46.3 Å². The maximum Gasteiger partial charge on any atom is 0.258 e. The molecule has 2 aromatic rings. The van der Waals surface area contributed by atoms with Crippen LogP contribution in [0.25, 0.3) is 0 Å². The van der Waals surface area contributed by atoms with Gasteiger partial charge in [-0.15, -0.1) is 0 Å². The first-order valence-electron chi connectivity index (χ1n) is 7.99. The molecule has 0 aliphatic carbocycles. The summed E-state index contributed by atoms with van der Waals surface area (Å²) in [5, 5.41) is 5.05. The summed E-state index contributed by atoms with van der Waals surface area (Å²) < 4.78 is 6.18. The molecule has 6 nitrogen and oxygen atoms in total. The molecular formula is C19H19BrN2O4. The van der Waals surface area contributed by atoms with Gasteiger partial charge in [-0.05, 0) is 31.2 Å². The summed E-state index contributed by atoms with van der Waals surface area (Å²) in [5.74, 6) is -0.504. The van der Waals surface area contributed by atoms with Gasteiger partial charge in [0.15, 0.2) is 12.4 Å². The second-order valence-corrected chi connectivity index (χ2v) is 6.45. The number of rotatable bonds is 8. The number of para-hydroxylation sites is 1. The van der Waals surface area contributed by atoms with Crippen molar-refractivity contribution in [3.8, 4) is 5.75 Å². The minimum Gasteiger partial charge on any atom is -0.484 e. The van der Waals surface area contributed by atoms with Crippen molar-refractivity contribution in [1.82, 2.24) is 10.6 Å². The molecular weight excluding hydrogens is 400 g/mol. The van der Waals surface area contributed by atoms with Crippen LogP contribution in [0.1, 0.15) is 17.3 Å². The van der Waals surface area contributed by atoms with Gasteiger partial charge in [-0.3, -0.25) is 14.4 Å². The van der Waals surface area contributed by atoms with Crippen LogP contribution in [0.5, 0.6) is 5.75 Å². The van der Waals surface area contributed by atoms with E-state index < -0.39 is 17.9 Å². The van der Waals surface area contributed by atoms with Crippen molar-refractivity contribution in [1.29, 1.82) is 0 Å². The molecule has 0 heterocycles. The molecule has 0 aliphatic heterocycles. The van der Waals surface area contributed by atoms with Crippen molar-refractivity contribution >= 4 is 33.5 Å². The summed E-state index contributed by atoms with van der Waals surface area (Å²) in [4.78, 5) is 35.9. The number of ketones is 1. The first-order chi connectivity index (χ1) is 12.5. The number of benzene rings is 2. The third-order valence-corrected chi connectivity index (χ3v) is 4.00. The molecule has 2 aromatic carbocycles. The van der Waals surface area contributed by atoms with E-state index >= 15 is 0 Å². The number of nitrogens with one attached hydrogen (secondary N) is 2. The van der Waals surface area contributed by atoms with Crippen LogP contribution in [0.4, 0.5) is 0 Å². The number of Topliss-reactive ketones (excluding diaryl/α,β-unsaturated/α-hetero) is 1. The standard InChI is InChI=1S/C19H19BrN2O4/c1-13(22-18(24)12-26-16-5-3-2-4-6-16)19(25)21-11-17(23)14-7-9-15(20)10-8-14/h2-10,13H,11-12H2,1H3,(H,21,25)(H,22,24)/t13-/m0/s1. The zero-order chi connectivity index (χ0) is 18.9. The number of hydrogen-bond acceptors (Lipinski definition) is 4. The van der Waals surface area contributed by atoms with Crippen molar-refractivity contribution in [2.45, 2.75) is 13.0 Å². The topological polar surface area (TPSA) is 84.5 Å². The fraction of sp³-hybridized carbons (Fsp3) is 0.211. The van der Waals surface area contributed by atoms with Crippen LogP contribution in [-0.2, 0) is 9.59 Å². The Bertz CT molecular complexity index is 763. The fourth-order valence-corrected chi connectivity index (χ4v) is 2.34. The summed E-state index contributed by atoms with van der Waals surface area (Å²) >= 11 is 3.29. The van der Waals surface area contributed by atoms with Gasteiger partial charge in [0, 0.05) is 10.0 Å². The number of halogens is 1. The maximum atomic E-state index is 12.0. The smallest absolute Gasteiger partial charge is 0.258 e. The predicted octanol–water partition coefficient (Wildman–Crippen LogP) is 2.33. The van der Waals surface area contributed by atoms with Crippen LogP contribution in [0.3, 0.4) is 0 Å². The molecule has 0 unspecified atom stereocenters. The Labute approximate surface area is 160 Å². The van der Waals surface area contributed by atoms with Crippen LogP contribution in [0, 0.1) is 0 Å². The lowest BCUT2D eigenvalue weighted by atomic mass is 10.1. The molecule has 2 amide bonds. The average Bonchev–Trinajstić information content (AvgIpc) is 2.65. The highest BCUT2D eigenvalue weighted by Gasteiger charge is 2.17.